The zero-order chi connectivity index (χ0) is 15.0. The Hall–Kier alpha value is -2.06. The Labute approximate surface area is 129 Å². The maximum atomic E-state index is 6.18. The number of aromatic nitrogens is 1. The summed E-state index contributed by atoms with van der Waals surface area (Å²) in [5.74, 6) is 0.869. The summed E-state index contributed by atoms with van der Waals surface area (Å²) >= 11 is 6.18. The second-order valence-corrected chi connectivity index (χ2v) is 5.85. The number of nitrogens with zero attached hydrogens (tertiary/aromatic N) is 1. The van der Waals surface area contributed by atoms with Crippen LogP contribution in [0.2, 0.25) is 5.02 Å². The molecule has 0 saturated heterocycles. The van der Waals surface area contributed by atoms with E-state index in [2.05, 4.69) is 43.4 Å². The van der Waals surface area contributed by atoms with Crippen LogP contribution in [0.25, 0.3) is 10.9 Å². The van der Waals surface area contributed by atoms with Crippen LogP contribution in [0.1, 0.15) is 16.7 Å². The summed E-state index contributed by atoms with van der Waals surface area (Å²) in [7, 11) is 0. The Balaban J connectivity index is 2.03. The van der Waals surface area contributed by atoms with Crippen LogP contribution >= 0.6 is 11.6 Å². The molecule has 3 heteroatoms. The van der Waals surface area contributed by atoms with Gasteiger partial charge in [-0.2, -0.15) is 0 Å². The molecule has 1 heterocycles. The molecule has 3 aromatic rings. The smallest absolute Gasteiger partial charge is 0.134 e. The van der Waals surface area contributed by atoms with E-state index in [4.69, 9.17) is 16.6 Å². The minimum atomic E-state index is 0.759. The van der Waals surface area contributed by atoms with Crippen molar-refractivity contribution in [2.45, 2.75) is 20.8 Å². The van der Waals surface area contributed by atoms with E-state index in [0.717, 1.165) is 38.6 Å². The van der Waals surface area contributed by atoms with Crippen LogP contribution in [-0.2, 0) is 0 Å². The number of aryl methyl sites for hydroxylation is 3. The van der Waals surface area contributed by atoms with Crippen molar-refractivity contribution in [2.24, 2.45) is 0 Å². The lowest BCUT2D eigenvalue weighted by Gasteiger charge is -2.11. The number of pyridine rings is 1. The minimum absolute atomic E-state index is 0.759. The first-order valence-corrected chi connectivity index (χ1v) is 7.32. The molecular formula is C18H17ClN2. The number of rotatable bonds is 2. The summed E-state index contributed by atoms with van der Waals surface area (Å²) in [5, 5.41) is 5.27. The molecule has 0 aliphatic carbocycles. The molecule has 0 aliphatic heterocycles. The summed E-state index contributed by atoms with van der Waals surface area (Å²) in [6.07, 6.45) is 0. The fourth-order valence-corrected chi connectivity index (χ4v) is 2.50. The van der Waals surface area contributed by atoms with E-state index in [0.29, 0.717) is 0 Å². The van der Waals surface area contributed by atoms with Crippen LogP contribution in [0.4, 0.5) is 11.5 Å². The fraction of sp³-hybridized carbons (Fsp3) is 0.167. The highest BCUT2D eigenvalue weighted by molar-refractivity contribution is 6.31. The van der Waals surface area contributed by atoms with Gasteiger partial charge in [0.15, 0.2) is 0 Å². The SMILES string of the molecule is Cc1ccc2cc(C)c(Nc3ccc(C)c(Cl)c3)nc2c1. The lowest BCUT2D eigenvalue weighted by Crippen LogP contribution is -1.97. The van der Waals surface area contributed by atoms with Gasteiger partial charge >= 0.3 is 0 Å². The van der Waals surface area contributed by atoms with Crippen molar-refractivity contribution in [3.05, 3.63) is 64.2 Å². The van der Waals surface area contributed by atoms with Crippen molar-refractivity contribution in [1.82, 2.24) is 4.98 Å². The first kappa shape index (κ1) is 13.9. The highest BCUT2D eigenvalue weighted by Crippen LogP contribution is 2.26. The molecule has 0 bridgehead atoms. The normalized spacial score (nSPS) is 10.9. The standard InChI is InChI=1S/C18H17ClN2/c1-11-4-6-14-9-13(3)18(21-17(14)8-11)20-15-7-5-12(2)16(19)10-15/h4-10H,1-3H3,(H,20,21). The minimum Gasteiger partial charge on any atom is -0.340 e. The maximum Gasteiger partial charge on any atom is 0.134 e. The number of nitrogens with one attached hydrogen (secondary N) is 1. The molecule has 0 fully saturated rings. The van der Waals surface area contributed by atoms with Gasteiger partial charge in [-0.3, -0.25) is 0 Å². The summed E-state index contributed by atoms with van der Waals surface area (Å²) in [6.45, 7) is 6.13. The van der Waals surface area contributed by atoms with Crippen LogP contribution < -0.4 is 5.32 Å². The number of benzene rings is 2. The van der Waals surface area contributed by atoms with E-state index in [9.17, 15) is 0 Å². The van der Waals surface area contributed by atoms with Crippen molar-refractivity contribution in [3.8, 4) is 0 Å². The van der Waals surface area contributed by atoms with E-state index < -0.39 is 0 Å². The molecule has 0 atom stereocenters. The lowest BCUT2D eigenvalue weighted by atomic mass is 10.1. The predicted octanol–water partition coefficient (Wildman–Crippen LogP) is 5.56. The number of hydrogen-bond acceptors (Lipinski definition) is 2. The van der Waals surface area contributed by atoms with Gasteiger partial charge in [0.05, 0.1) is 5.52 Å². The zero-order valence-corrected chi connectivity index (χ0v) is 13.1. The quantitative estimate of drug-likeness (QED) is 0.670. The average molecular weight is 297 g/mol. The second kappa shape index (κ2) is 5.38. The van der Waals surface area contributed by atoms with Crippen LogP contribution in [-0.4, -0.2) is 4.98 Å². The lowest BCUT2D eigenvalue weighted by molar-refractivity contribution is 1.30. The molecule has 0 unspecified atom stereocenters. The van der Waals surface area contributed by atoms with Crippen LogP contribution in [0, 0.1) is 20.8 Å². The molecule has 0 radical (unpaired) electrons. The summed E-state index contributed by atoms with van der Waals surface area (Å²) < 4.78 is 0. The van der Waals surface area contributed by atoms with Crippen molar-refractivity contribution in [1.29, 1.82) is 0 Å². The van der Waals surface area contributed by atoms with Gasteiger partial charge in [-0.05, 0) is 61.7 Å². The maximum absolute atomic E-state index is 6.18. The van der Waals surface area contributed by atoms with Gasteiger partial charge in [0.1, 0.15) is 5.82 Å². The third kappa shape index (κ3) is 2.86. The van der Waals surface area contributed by atoms with Crippen molar-refractivity contribution in [3.63, 3.8) is 0 Å². The number of anilines is 2. The van der Waals surface area contributed by atoms with E-state index in [1.54, 1.807) is 0 Å². The molecule has 21 heavy (non-hydrogen) atoms. The van der Waals surface area contributed by atoms with E-state index in [1.807, 2.05) is 25.1 Å². The Kier molecular flexibility index (Phi) is 3.56. The molecule has 0 aliphatic rings. The van der Waals surface area contributed by atoms with Crippen molar-refractivity contribution < 1.29 is 0 Å². The molecule has 106 valence electrons. The van der Waals surface area contributed by atoms with Crippen LogP contribution in [0.3, 0.4) is 0 Å². The molecular weight excluding hydrogens is 280 g/mol. The third-order valence-electron chi connectivity index (χ3n) is 3.60. The van der Waals surface area contributed by atoms with Gasteiger partial charge in [0.2, 0.25) is 0 Å². The van der Waals surface area contributed by atoms with Crippen LogP contribution in [0.5, 0.6) is 0 Å². The monoisotopic (exact) mass is 296 g/mol. The van der Waals surface area contributed by atoms with Gasteiger partial charge in [-0.15, -0.1) is 0 Å². The molecule has 0 saturated carbocycles. The Morgan fingerprint density at radius 1 is 0.905 bits per heavy atom. The molecule has 1 N–H and O–H groups in total. The summed E-state index contributed by atoms with van der Waals surface area (Å²) in [6, 6.07) is 14.4. The topological polar surface area (TPSA) is 24.9 Å². The van der Waals surface area contributed by atoms with Crippen molar-refractivity contribution in [2.75, 3.05) is 5.32 Å². The zero-order valence-electron chi connectivity index (χ0n) is 12.4. The summed E-state index contributed by atoms with van der Waals surface area (Å²) in [5.41, 5.74) is 5.35. The highest BCUT2D eigenvalue weighted by atomic mass is 35.5. The first-order chi connectivity index (χ1) is 10.0. The van der Waals surface area contributed by atoms with Crippen molar-refractivity contribution >= 4 is 34.0 Å². The van der Waals surface area contributed by atoms with E-state index in [-0.39, 0.29) is 0 Å². The van der Waals surface area contributed by atoms with Gasteiger partial charge in [0, 0.05) is 16.1 Å². The molecule has 1 aromatic heterocycles. The van der Waals surface area contributed by atoms with Gasteiger partial charge in [0.25, 0.3) is 0 Å². The second-order valence-electron chi connectivity index (χ2n) is 5.44. The van der Waals surface area contributed by atoms with Gasteiger partial charge in [-0.25, -0.2) is 4.98 Å². The molecule has 0 amide bonds. The van der Waals surface area contributed by atoms with Gasteiger partial charge in [-0.1, -0.05) is 29.8 Å². The summed E-state index contributed by atoms with van der Waals surface area (Å²) in [4.78, 5) is 4.73. The Morgan fingerprint density at radius 3 is 2.48 bits per heavy atom. The van der Waals surface area contributed by atoms with Gasteiger partial charge < -0.3 is 5.32 Å². The highest BCUT2D eigenvalue weighted by Gasteiger charge is 2.05. The molecule has 2 nitrogen and oxygen atoms in total. The van der Waals surface area contributed by atoms with E-state index in [1.165, 1.54) is 5.56 Å². The third-order valence-corrected chi connectivity index (χ3v) is 4.01. The molecule has 0 spiro atoms. The van der Waals surface area contributed by atoms with E-state index >= 15 is 0 Å². The number of fused-ring (bicyclic) bond motifs is 1. The van der Waals surface area contributed by atoms with Crippen LogP contribution in [0.15, 0.2) is 42.5 Å². The number of hydrogen-bond donors (Lipinski definition) is 1. The first-order valence-electron chi connectivity index (χ1n) is 6.94. The molecule has 3 rings (SSSR count). The Morgan fingerprint density at radius 2 is 1.71 bits per heavy atom. The predicted molar refractivity (Wildman–Crippen MR) is 90.7 cm³/mol. The Bertz CT molecular complexity index is 825. The average Bonchev–Trinajstić information content (AvgIpc) is 2.44. The number of halogens is 1. The fourth-order valence-electron chi connectivity index (χ4n) is 2.32. The molecule has 2 aromatic carbocycles. The largest absolute Gasteiger partial charge is 0.340 e.